The molecule has 0 saturated heterocycles. The molecule has 0 unspecified atom stereocenters. The second-order valence-corrected chi connectivity index (χ2v) is 5.79. The van der Waals surface area contributed by atoms with Crippen LogP contribution in [-0.4, -0.2) is 18.7 Å². The number of alkyl halides is 2. The Morgan fingerprint density at radius 3 is 2.46 bits per heavy atom. The van der Waals surface area contributed by atoms with Crippen LogP contribution in [0.2, 0.25) is 0 Å². The van der Waals surface area contributed by atoms with E-state index < -0.39 is 6.29 Å². The number of nitrogens with one attached hydrogen (secondary N) is 2. The minimum absolute atomic E-state index is 0.0249. The number of amides is 1. The lowest BCUT2D eigenvalue weighted by Crippen LogP contribution is -2.25. The highest BCUT2D eigenvalue weighted by atomic mass is 19.3. The van der Waals surface area contributed by atoms with E-state index in [2.05, 4.69) is 20.1 Å². The molecule has 0 spiro atoms. The Morgan fingerprint density at radius 2 is 1.62 bits per heavy atom. The van der Waals surface area contributed by atoms with Crippen LogP contribution in [0.5, 0.6) is 11.5 Å². The van der Waals surface area contributed by atoms with Gasteiger partial charge in [-0.15, -0.1) is 8.78 Å². The fourth-order valence-electron chi connectivity index (χ4n) is 2.71. The van der Waals surface area contributed by atoms with Gasteiger partial charge in [-0.25, -0.2) is 0 Å². The summed E-state index contributed by atoms with van der Waals surface area (Å²) in [5.41, 5.74) is 1.15. The van der Waals surface area contributed by atoms with Crippen LogP contribution in [0.4, 0.5) is 20.2 Å². The molecule has 0 atom stereocenters. The van der Waals surface area contributed by atoms with Gasteiger partial charge < -0.3 is 20.1 Å². The summed E-state index contributed by atoms with van der Waals surface area (Å²) in [6.45, 7) is -0.0249. The van der Waals surface area contributed by atoms with Crippen LogP contribution in [-0.2, 0) is 4.79 Å². The fraction of sp³-hybridized carbons (Fsp3) is 0.105. The summed E-state index contributed by atoms with van der Waals surface area (Å²) >= 11 is 0. The molecule has 132 valence electrons. The van der Waals surface area contributed by atoms with Gasteiger partial charge in [-0.1, -0.05) is 30.3 Å². The monoisotopic (exact) mass is 356 g/mol. The Morgan fingerprint density at radius 1 is 0.885 bits per heavy atom. The average molecular weight is 356 g/mol. The third-order valence-electron chi connectivity index (χ3n) is 3.89. The van der Waals surface area contributed by atoms with E-state index in [1.165, 1.54) is 18.2 Å². The predicted octanol–water partition coefficient (Wildman–Crippen LogP) is 4.21. The zero-order valence-corrected chi connectivity index (χ0v) is 13.5. The van der Waals surface area contributed by atoms with Gasteiger partial charge in [0.05, 0.1) is 6.54 Å². The third kappa shape index (κ3) is 3.37. The summed E-state index contributed by atoms with van der Waals surface area (Å²) < 4.78 is 34.7. The fourth-order valence-corrected chi connectivity index (χ4v) is 2.71. The molecule has 0 aromatic heterocycles. The van der Waals surface area contributed by atoms with Crippen molar-refractivity contribution >= 4 is 28.1 Å². The van der Waals surface area contributed by atoms with E-state index in [1.54, 1.807) is 0 Å². The van der Waals surface area contributed by atoms with Crippen molar-refractivity contribution in [1.82, 2.24) is 0 Å². The van der Waals surface area contributed by atoms with Gasteiger partial charge in [0, 0.05) is 17.4 Å². The molecule has 1 amide bonds. The van der Waals surface area contributed by atoms with E-state index in [0.29, 0.717) is 11.4 Å². The van der Waals surface area contributed by atoms with Crippen molar-refractivity contribution in [2.24, 2.45) is 0 Å². The number of benzene rings is 3. The number of rotatable bonds is 4. The highest BCUT2D eigenvalue weighted by molar-refractivity contribution is 5.96. The Bertz CT molecular complexity index is 991. The average Bonchev–Trinajstić information content (AvgIpc) is 2.93. The molecular formula is C19H14F2N2O3. The van der Waals surface area contributed by atoms with Gasteiger partial charge in [-0.05, 0) is 35.0 Å². The number of hydrogen-bond donors (Lipinski definition) is 2. The van der Waals surface area contributed by atoms with Crippen molar-refractivity contribution in [2.45, 2.75) is 6.29 Å². The van der Waals surface area contributed by atoms with Gasteiger partial charge >= 0.3 is 6.29 Å². The minimum atomic E-state index is -3.66. The molecule has 2 N–H and O–H groups in total. The van der Waals surface area contributed by atoms with Crippen molar-refractivity contribution in [3.05, 3.63) is 60.7 Å². The first-order chi connectivity index (χ1) is 12.5. The number of fused-ring (bicyclic) bond motifs is 2. The Hall–Kier alpha value is -3.35. The maximum absolute atomic E-state index is 13.0. The number of anilines is 2. The molecule has 0 radical (unpaired) electrons. The number of carbonyl (C=O) groups excluding carboxylic acids is 1. The van der Waals surface area contributed by atoms with E-state index in [-0.39, 0.29) is 24.0 Å². The van der Waals surface area contributed by atoms with Crippen LogP contribution in [0.15, 0.2) is 60.7 Å². The third-order valence-corrected chi connectivity index (χ3v) is 3.89. The van der Waals surface area contributed by atoms with Gasteiger partial charge in [-0.3, -0.25) is 4.79 Å². The number of ether oxygens (including phenoxy) is 2. The van der Waals surface area contributed by atoms with Crippen molar-refractivity contribution in [3.63, 3.8) is 0 Å². The van der Waals surface area contributed by atoms with E-state index in [4.69, 9.17) is 0 Å². The highest BCUT2D eigenvalue weighted by Crippen LogP contribution is 2.42. The van der Waals surface area contributed by atoms with E-state index >= 15 is 0 Å². The number of hydrogen-bond acceptors (Lipinski definition) is 4. The topological polar surface area (TPSA) is 59.6 Å². The van der Waals surface area contributed by atoms with Gasteiger partial charge in [-0.2, -0.15) is 0 Å². The minimum Gasteiger partial charge on any atom is -0.395 e. The molecule has 26 heavy (non-hydrogen) atoms. The first-order valence-electron chi connectivity index (χ1n) is 7.91. The largest absolute Gasteiger partial charge is 0.586 e. The van der Waals surface area contributed by atoms with Gasteiger partial charge in [0.25, 0.3) is 0 Å². The number of halogens is 2. The summed E-state index contributed by atoms with van der Waals surface area (Å²) in [4.78, 5) is 12.1. The zero-order valence-electron chi connectivity index (χ0n) is 13.5. The molecule has 3 aromatic carbocycles. The van der Waals surface area contributed by atoms with Crippen LogP contribution in [0.25, 0.3) is 10.8 Å². The summed E-state index contributed by atoms with van der Waals surface area (Å²) in [5.74, 6) is -0.376. The molecule has 1 aliphatic heterocycles. The van der Waals surface area contributed by atoms with Gasteiger partial charge in [0.1, 0.15) is 0 Å². The van der Waals surface area contributed by atoms with Crippen LogP contribution < -0.4 is 20.1 Å². The van der Waals surface area contributed by atoms with Crippen LogP contribution in [0.3, 0.4) is 0 Å². The molecule has 1 heterocycles. The normalized spacial score (nSPS) is 14.2. The van der Waals surface area contributed by atoms with Crippen LogP contribution >= 0.6 is 0 Å². The summed E-state index contributed by atoms with van der Waals surface area (Å²) in [6.07, 6.45) is -3.66. The second-order valence-electron chi connectivity index (χ2n) is 5.79. The molecule has 3 aromatic rings. The second kappa shape index (κ2) is 6.18. The number of carbonyl (C=O) groups is 1. The molecule has 5 nitrogen and oxygen atoms in total. The van der Waals surface area contributed by atoms with E-state index in [0.717, 1.165) is 10.8 Å². The Balaban J connectivity index is 1.38. The van der Waals surface area contributed by atoms with E-state index in [1.807, 2.05) is 42.5 Å². The zero-order chi connectivity index (χ0) is 18.1. The SMILES string of the molecule is O=C(CNc1ccc2c(c1)OC(F)(F)O2)Nc1ccc2ccccc2c1. The highest BCUT2D eigenvalue weighted by Gasteiger charge is 2.43. The first kappa shape index (κ1) is 16.1. The van der Waals surface area contributed by atoms with Crippen molar-refractivity contribution < 1.29 is 23.0 Å². The predicted molar refractivity (Wildman–Crippen MR) is 93.7 cm³/mol. The van der Waals surface area contributed by atoms with E-state index in [9.17, 15) is 13.6 Å². The Labute approximate surface area is 147 Å². The Kier molecular flexibility index (Phi) is 3.84. The standard InChI is InChI=1S/C19H14F2N2O3/c20-19(21)25-16-8-7-14(10-17(16)26-19)22-11-18(24)23-15-6-5-12-3-1-2-4-13(12)9-15/h1-10,22H,11H2,(H,23,24). The molecule has 7 heteroatoms. The first-order valence-corrected chi connectivity index (χ1v) is 7.91. The molecule has 0 saturated carbocycles. The van der Waals surface area contributed by atoms with Gasteiger partial charge in [0.2, 0.25) is 5.91 Å². The molecule has 0 fully saturated rings. The van der Waals surface area contributed by atoms with Crippen molar-refractivity contribution in [1.29, 1.82) is 0 Å². The van der Waals surface area contributed by atoms with Crippen molar-refractivity contribution in [2.75, 3.05) is 17.2 Å². The van der Waals surface area contributed by atoms with Crippen LogP contribution in [0.1, 0.15) is 0 Å². The lowest BCUT2D eigenvalue weighted by molar-refractivity contribution is -0.286. The molecule has 1 aliphatic rings. The smallest absolute Gasteiger partial charge is 0.395 e. The van der Waals surface area contributed by atoms with Crippen molar-refractivity contribution in [3.8, 4) is 11.5 Å². The molecular weight excluding hydrogens is 342 g/mol. The van der Waals surface area contributed by atoms with Crippen LogP contribution in [0, 0.1) is 0 Å². The summed E-state index contributed by atoms with van der Waals surface area (Å²) in [6, 6.07) is 17.7. The summed E-state index contributed by atoms with van der Waals surface area (Å²) in [5, 5.41) is 7.77. The lowest BCUT2D eigenvalue weighted by atomic mass is 10.1. The maximum atomic E-state index is 13.0. The molecule has 4 rings (SSSR count). The van der Waals surface area contributed by atoms with Gasteiger partial charge in [0.15, 0.2) is 11.5 Å². The quantitative estimate of drug-likeness (QED) is 0.735. The lowest BCUT2D eigenvalue weighted by Gasteiger charge is -2.09. The molecule has 0 aliphatic carbocycles. The molecule has 0 bridgehead atoms. The maximum Gasteiger partial charge on any atom is 0.586 e. The summed E-state index contributed by atoms with van der Waals surface area (Å²) in [7, 11) is 0.